The molecule has 2 nitrogen and oxygen atoms in total. The topological polar surface area (TPSA) is 22.0 Å². The summed E-state index contributed by atoms with van der Waals surface area (Å²) in [6.07, 6.45) is 1.98. The fraction of sp³-hybridized carbons (Fsp3) is 0.154. The summed E-state index contributed by atoms with van der Waals surface area (Å²) in [7, 11) is 0. The smallest absolute Gasteiger partial charge is 0.195 e. The van der Waals surface area contributed by atoms with E-state index < -0.39 is 0 Å². The lowest BCUT2D eigenvalue weighted by Crippen LogP contribution is -2.01. The van der Waals surface area contributed by atoms with Gasteiger partial charge in [0.15, 0.2) is 5.78 Å². The van der Waals surface area contributed by atoms with E-state index in [-0.39, 0.29) is 5.78 Å². The van der Waals surface area contributed by atoms with Crippen LogP contribution in [0.5, 0.6) is 0 Å². The predicted octanol–water partition coefficient (Wildman–Crippen LogP) is 3.48. The van der Waals surface area contributed by atoms with E-state index in [1.165, 1.54) is 0 Å². The van der Waals surface area contributed by atoms with E-state index >= 15 is 0 Å². The molecule has 86 valence electrons. The lowest BCUT2D eigenvalue weighted by atomic mass is 10.1. The second-order valence-electron chi connectivity index (χ2n) is 3.91. The zero-order valence-electron chi connectivity index (χ0n) is 9.02. The van der Waals surface area contributed by atoms with E-state index in [2.05, 4.69) is 4.57 Å². The van der Waals surface area contributed by atoms with Crippen molar-refractivity contribution in [2.24, 2.45) is 0 Å². The first kappa shape index (κ1) is 10.9. The maximum Gasteiger partial charge on any atom is 0.195 e. The van der Waals surface area contributed by atoms with Crippen molar-refractivity contribution in [1.29, 1.82) is 0 Å². The predicted molar refractivity (Wildman–Crippen MR) is 70.0 cm³/mol. The quantitative estimate of drug-likeness (QED) is 0.774. The third-order valence-electron chi connectivity index (χ3n) is 2.83. The van der Waals surface area contributed by atoms with Gasteiger partial charge in [-0.15, -0.1) is 11.8 Å². The summed E-state index contributed by atoms with van der Waals surface area (Å²) in [5, 5.41) is 1.74. The minimum atomic E-state index is 0.0739. The molecule has 0 fully saturated rings. The fourth-order valence-electron chi connectivity index (χ4n) is 1.97. The number of nitrogens with zero attached hydrogens (tertiary/aromatic N) is 1. The fourth-order valence-corrected chi connectivity index (χ4v) is 3.21. The summed E-state index contributed by atoms with van der Waals surface area (Å²) < 4.78 is 2.13. The number of hydrogen-bond acceptors (Lipinski definition) is 2. The molecule has 0 saturated carbocycles. The van der Waals surface area contributed by atoms with Crippen LogP contribution in [0, 0.1) is 0 Å². The summed E-state index contributed by atoms with van der Waals surface area (Å²) in [5.74, 6) is 1.13. The molecule has 0 N–H and O–H groups in total. The monoisotopic (exact) mass is 263 g/mol. The summed E-state index contributed by atoms with van der Waals surface area (Å²) in [4.78, 5) is 12.3. The lowest BCUT2D eigenvalue weighted by molar-refractivity contribution is 0.103. The molecule has 0 radical (unpaired) electrons. The second kappa shape index (κ2) is 4.24. The van der Waals surface area contributed by atoms with Gasteiger partial charge >= 0.3 is 0 Å². The Bertz CT molecular complexity index is 574. The van der Waals surface area contributed by atoms with Crippen LogP contribution < -0.4 is 0 Å². The van der Waals surface area contributed by atoms with Crippen LogP contribution in [0.2, 0.25) is 5.02 Å². The van der Waals surface area contributed by atoms with Crippen molar-refractivity contribution in [2.75, 3.05) is 5.75 Å². The van der Waals surface area contributed by atoms with Crippen LogP contribution in [-0.4, -0.2) is 16.1 Å². The molecule has 2 heterocycles. The van der Waals surface area contributed by atoms with Gasteiger partial charge in [-0.25, -0.2) is 0 Å². The Morgan fingerprint density at radius 1 is 1.24 bits per heavy atom. The summed E-state index contributed by atoms with van der Waals surface area (Å²) in [5.41, 5.74) is 1.49. The molecular formula is C13H10ClNOS. The van der Waals surface area contributed by atoms with Gasteiger partial charge < -0.3 is 4.57 Å². The number of carbonyl (C=O) groups excluding carboxylic acids is 1. The Hall–Kier alpha value is -1.19. The first-order valence-corrected chi connectivity index (χ1v) is 6.74. The van der Waals surface area contributed by atoms with Crippen LogP contribution in [0.15, 0.2) is 41.6 Å². The molecule has 1 aromatic carbocycles. The molecule has 0 atom stereocenters. The molecule has 0 aliphatic carbocycles. The molecule has 4 heteroatoms. The van der Waals surface area contributed by atoms with Gasteiger partial charge in [0.25, 0.3) is 0 Å². The maximum atomic E-state index is 12.3. The number of ketones is 1. The molecule has 3 rings (SSSR count). The van der Waals surface area contributed by atoms with Gasteiger partial charge in [-0.2, -0.15) is 0 Å². The zero-order chi connectivity index (χ0) is 11.8. The van der Waals surface area contributed by atoms with Crippen LogP contribution >= 0.6 is 23.4 Å². The highest BCUT2D eigenvalue weighted by atomic mass is 35.5. The standard InChI is InChI=1S/C13H10ClNOS/c14-10-3-1-9(2-4-10)12(16)11-5-6-15-7-8-17-13(11)15/h1-6H,7-8H2. The molecule has 2 aromatic rings. The largest absolute Gasteiger partial charge is 0.341 e. The molecule has 0 spiro atoms. The van der Waals surface area contributed by atoms with E-state index in [1.54, 1.807) is 36.0 Å². The Kier molecular flexibility index (Phi) is 2.73. The lowest BCUT2D eigenvalue weighted by Gasteiger charge is -2.01. The highest BCUT2D eigenvalue weighted by Crippen LogP contribution is 2.31. The highest BCUT2D eigenvalue weighted by molar-refractivity contribution is 7.99. The Balaban J connectivity index is 1.99. The van der Waals surface area contributed by atoms with Crippen molar-refractivity contribution in [3.63, 3.8) is 0 Å². The molecule has 1 aliphatic rings. The average molecular weight is 264 g/mol. The number of carbonyl (C=O) groups is 1. The summed E-state index contributed by atoms with van der Waals surface area (Å²) in [6.45, 7) is 0.994. The van der Waals surface area contributed by atoms with Crippen LogP contribution in [-0.2, 0) is 6.54 Å². The number of thioether (sulfide) groups is 1. The molecule has 0 bridgehead atoms. The third kappa shape index (κ3) is 1.90. The Morgan fingerprint density at radius 3 is 2.76 bits per heavy atom. The first-order chi connectivity index (χ1) is 8.25. The van der Waals surface area contributed by atoms with E-state index in [4.69, 9.17) is 11.6 Å². The molecule has 17 heavy (non-hydrogen) atoms. The molecule has 1 aromatic heterocycles. The molecule has 0 saturated heterocycles. The van der Waals surface area contributed by atoms with Crippen LogP contribution in [0.3, 0.4) is 0 Å². The van der Waals surface area contributed by atoms with Gasteiger partial charge in [-0.05, 0) is 30.3 Å². The Labute approximate surface area is 109 Å². The van der Waals surface area contributed by atoms with Crippen LogP contribution in [0.25, 0.3) is 0 Å². The van der Waals surface area contributed by atoms with Crippen molar-refractivity contribution in [3.8, 4) is 0 Å². The number of rotatable bonds is 2. The third-order valence-corrected chi connectivity index (χ3v) is 4.20. The molecule has 0 amide bonds. The minimum absolute atomic E-state index is 0.0739. The Morgan fingerprint density at radius 2 is 2.00 bits per heavy atom. The molecular weight excluding hydrogens is 254 g/mol. The number of benzene rings is 1. The SMILES string of the molecule is O=C(c1ccc(Cl)cc1)c1ccn2c1SCC2. The number of hydrogen-bond donors (Lipinski definition) is 0. The number of aromatic nitrogens is 1. The summed E-state index contributed by atoms with van der Waals surface area (Å²) in [6, 6.07) is 8.94. The zero-order valence-corrected chi connectivity index (χ0v) is 10.6. The maximum absolute atomic E-state index is 12.3. The number of fused-ring (bicyclic) bond motifs is 1. The summed E-state index contributed by atoms with van der Waals surface area (Å²) >= 11 is 7.56. The van der Waals surface area contributed by atoms with Gasteiger partial charge in [0.2, 0.25) is 0 Å². The highest BCUT2D eigenvalue weighted by Gasteiger charge is 2.21. The van der Waals surface area contributed by atoms with Gasteiger partial charge in [0, 0.05) is 29.1 Å². The van der Waals surface area contributed by atoms with Crippen LogP contribution in [0.1, 0.15) is 15.9 Å². The van der Waals surface area contributed by atoms with Crippen LogP contribution in [0.4, 0.5) is 0 Å². The minimum Gasteiger partial charge on any atom is -0.341 e. The second-order valence-corrected chi connectivity index (χ2v) is 5.43. The van der Waals surface area contributed by atoms with Gasteiger partial charge in [-0.1, -0.05) is 11.6 Å². The molecule has 1 aliphatic heterocycles. The van der Waals surface area contributed by atoms with E-state index in [1.807, 2.05) is 12.3 Å². The van der Waals surface area contributed by atoms with Gasteiger partial charge in [0.1, 0.15) is 0 Å². The van der Waals surface area contributed by atoms with E-state index in [9.17, 15) is 4.79 Å². The van der Waals surface area contributed by atoms with Gasteiger partial charge in [0.05, 0.1) is 10.6 Å². The average Bonchev–Trinajstić information content (AvgIpc) is 2.90. The normalized spacial score (nSPS) is 13.7. The molecule has 0 unspecified atom stereocenters. The van der Waals surface area contributed by atoms with Gasteiger partial charge in [-0.3, -0.25) is 4.79 Å². The first-order valence-electron chi connectivity index (χ1n) is 5.38. The van der Waals surface area contributed by atoms with Crippen molar-refractivity contribution < 1.29 is 4.79 Å². The van der Waals surface area contributed by atoms with Crippen molar-refractivity contribution in [2.45, 2.75) is 11.6 Å². The van der Waals surface area contributed by atoms with E-state index in [0.717, 1.165) is 22.9 Å². The van der Waals surface area contributed by atoms with Crippen molar-refractivity contribution in [3.05, 3.63) is 52.7 Å². The van der Waals surface area contributed by atoms with Crippen molar-refractivity contribution >= 4 is 29.1 Å². The van der Waals surface area contributed by atoms with Crippen molar-refractivity contribution in [1.82, 2.24) is 4.57 Å². The number of halogens is 1. The number of aryl methyl sites for hydroxylation is 1. The van der Waals surface area contributed by atoms with E-state index in [0.29, 0.717) is 10.6 Å².